The Morgan fingerprint density at radius 3 is 1.42 bits per heavy atom. The molecule has 2 saturated heterocycles. The van der Waals surface area contributed by atoms with E-state index in [9.17, 15) is 74.1 Å². The predicted octanol–water partition coefficient (Wildman–Crippen LogP) is -3.47. The molecule has 0 aliphatic carbocycles. The second kappa shape index (κ2) is 59.5. The fraction of sp³-hybridized carbons (Fsp3) is 0.696. The molecule has 0 bridgehead atoms. The van der Waals surface area contributed by atoms with E-state index in [1.54, 1.807) is 6.07 Å². The SMILES string of the molecule is CC(=O)OCc1ccc(O[C@@H]2OC[C@@H](O)[C@H](O)[C@H]2O)c(C(=O)CCCOCCOCCOCCOCCOCC(=O)N[C@@H](CCCNC(=O)COCCOCCOCCOCCOCCNC(=O)c2cc(COC(C)=O)ccc2O[C@@H]2O[C@H](C(=O)O)[C@@H](O)[C@H](O)[C@H]2O)C(=O)CCCOCCOCCON)c1.O=C=O. The van der Waals surface area contributed by atoms with E-state index in [0.29, 0.717) is 50.2 Å². The second-order valence-corrected chi connectivity index (χ2v) is 23.6. The highest BCUT2D eigenvalue weighted by molar-refractivity contribution is 5.99. The monoisotopic (exact) mass is 1570 g/mol. The standard InChI is InChI=1S/C68H106N4O34.CO2/c1-45(73)100-40-47-9-11-55(104-67-62(83)59(80)54(77)42-102-67)49(38-47)52(75)7-4-15-88-18-21-91-24-26-93-29-31-96-33-35-99-44-58(79)72-51(53(76)8-5-16-89-19-22-97-36-37-103-69)6-3-13-70-57(78)43-98-34-32-95-30-28-94-27-25-92-23-20-90-17-14-71-65(85)50-39-48(41-101-46(2)74)10-12-56(50)105-68-63(84)60(81)61(82)64(106-68)66(86)87;2-1-3/h9-12,38-39,51,54,59-64,67-68,77,80-84H,3-8,13-37,40-44,69H2,1-2H3,(H,70,78)(H,71,85)(H,72,79)(H,86,87);/t51-,54+,59-,60-,61-,62+,63+,64-,67-,68+;/m0./s1. The molecule has 10 atom stereocenters. The number of carboxylic acid groups (broad SMARTS) is 1. The molecule has 0 spiro atoms. The minimum absolute atomic E-state index is 0.0311. The van der Waals surface area contributed by atoms with Crippen molar-refractivity contribution in [2.24, 2.45) is 5.90 Å². The van der Waals surface area contributed by atoms with Crippen LogP contribution in [-0.2, 0) is 132 Å². The molecule has 2 fully saturated rings. The number of carbonyl (C=O) groups excluding carboxylic acids is 9. The van der Waals surface area contributed by atoms with Gasteiger partial charge in [-0.1, -0.05) is 12.1 Å². The van der Waals surface area contributed by atoms with Crippen molar-refractivity contribution in [2.45, 2.75) is 127 Å². The molecule has 618 valence electrons. The zero-order valence-corrected chi connectivity index (χ0v) is 61.2. The topological polar surface area (TPSA) is 550 Å². The third-order valence-electron chi connectivity index (χ3n) is 15.1. The van der Waals surface area contributed by atoms with E-state index in [0.717, 1.165) is 0 Å². The summed E-state index contributed by atoms with van der Waals surface area (Å²) in [5.74, 6) is 0.0971. The fourth-order valence-corrected chi connectivity index (χ4v) is 9.56. The largest absolute Gasteiger partial charge is 0.479 e. The number of esters is 2. The minimum Gasteiger partial charge on any atom is -0.479 e. The molecule has 2 aliphatic heterocycles. The Kier molecular flexibility index (Phi) is 52.4. The van der Waals surface area contributed by atoms with Crippen LogP contribution < -0.4 is 31.3 Å². The number of hydrogen-bond donors (Lipinski definition) is 11. The number of nitrogens with two attached hydrogens (primary N) is 1. The van der Waals surface area contributed by atoms with Crippen LogP contribution in [0.5, 0.6) is 11.5 Å². The van der Waals surface area contributed by atoms with E-state index in [-0.39, 0.29) is 244 Å². The molecule has 40 nitrogen and oxygen atoms in total. The highest BCUT2D eigenvalue weighted by atomic mass is 16.7. The first-order chi connectivity index (χ1) is 52.6. The molecule has 12 N–H and O–H groups in total. The normalized spacial score (nSPS) is 19.1. The number of carbonyl (C=O) groups is 8. The lowest BCUT2D eigenvalue weighted by Crippen LogP contribution is -2.61. The van der Waals surface area contributed by atoms with Crippen molar-refractivity contribution in [3.63, 3.8) is 0 Å². The average molecular weight is 1570 g/mol. The molecular formula is C69H106N4O36. The van der Waals surface area contributed by atoms with Gasteiger partial charge >= 0.3 is 24.1 Å². The Balaban J connectivity index is 0.0000101. The van der Waals surface area contributed by atoms with Gasteiger partial charge in [-0.3, -0.25) is 33.6 Å². The molecule has 3 amide bonds. The Hall–Kier alpha value is -7.30. The van der Waals surface area contributed by atoms with Gasteiger partial charge in [0.25, 0.3) is 5.91 Å². The summed E-state index contributed by atoms with van der Waals surface area (Å²) in [5.41, 5.74) is 0.957. The number of ether oxygens (including phenoxy) is 18. The second-order valence-electron chi connectivity index (χ2n) is 23.6. The van der Waals surface area contributed by atoms with Gasteiger partial charge in [-0.2, -0.15) is 9.59 Å². The number of benzene rings is 2. The number of nitrogens with one attached hydrogen (secondary N) is 3. The van der Waals surface area contributed by atoms with Gasteiger partial charge in [0.1, 0.15) is 74.6 Å². The number of hydrogen-bond acceptors (Lipinski definition) is 36. The molecule has 0 radical (unpaired) electrons. The van der Waals surface area contributed by atoms with Gasteiger partial charge in [0.2, 0.25) is 24.4 Å². The van der Waals surface area contributed by atoms with Crippen molar-refractivity contribution in [3.8, 4) is 11.5 Å². The van der Waals surface area contributed by atoms with Crippen molar-refractivity contribution in [2.75, 3.05) is 185 Å². The summed E-state index contributed by atoms with van der Waals surface area (Å²) < 4.78 is 98.0. The first-order valence-electron chi connectivity index (χ1n) is 35.2. The summed E-state index contributed by atoms with van der Waals surface area (Å²) in [6, 6.07) is 7.83. The summed E-state index contributed by atoms with van der Waals surface area (Å²) in [7, 11) is 0. The number of rotatable bonds is 62. The minimum atomic E-state index is -1.95. The zero-order valence-electron chi connectivity index (χ0n) is 61.2. The summed E-state index contributed by atoms with van der Waals surface area (Å²) in [4.78, 5) is 120. The number of amides is 3. The van der Waals surface area contributed by atoms with E-state index < -0.39 is 91.1 Å². The summed E-state index contributed by atoms with van der Waals surface area (Å²) in [5, 5.41) is 78.4. The molecule has 2 aliphatic rings. The van der Waals surface area contributed by atoms with E-state index >= 15 is 0 Å². The van der Waals surface area contributed by atoms with Gasteiger partial charge in [-0.15, -0.1) is 0 Å². The van der Waals surface area contributed by atoms with Crippen LogP contribution in [0.15, 0.2) is 36.4 Å². The fourth-order valence-electron chi connectivity index (χ4n) is 9.56. The average Bonchev–Trinajstić information content (AvgIpc) is 0.814. The highest BCUT2D eigenvalue weighted by Gasteiger charge is 2.48. The molecule has 2 aromatic rings. The number of carboxylic acids is 1. The van der Waals surface area contributed by atoms with E-state index in [4.69, 9.17) is 101 Å². The Bertz CT molecular complexity index is 2950. The molecule has 4 rings (SSSR count). The zero-order chi connectivity index (χ0) is 79.8. The van der Waals surface area contributed by atoms with E-state index in [1.165, 1.54) is 44.2 Å². The molecule has 0 unspecified atom stereocenters. The van der Waals surface area contributed by atoms with Crippen molar-refractivity contribution in [1.29, 1.82) is 0 Å². The maximum absolute atomic E-state index is 13.3. The summed E-state index contributed by atoms with van der Waals surface area (Å²) in [6.07, 6.45) is -13.5. The molecule has 0 aromatic heterocycles. The van der Waals surface area contributed by atoms with Crippen molar-refractivity contribution < 1.29 is 174 Å². The lowest BCUT2D eigenvalue weighted by atomic mass is 9.99. The van der Waals surface area contributed by atoms with Gasteiger partial charge in [0.15, 0.2) is 17.7 Å². The van der Waals surface area contributed by atoms with Crippen molar-refractivity contribution >= 4 is 53.3 Å². The third-order valence-corrected chi connectivity index (χ3v) is 15.1. The van der Waals surface area contributed by atoms with Gasteiger partial charge in [-0.05, 0) is 61.1 Å². The highest BCUT2D eigenvalue weighted by Crippen LogP contribution is 2.30. The number of aliphatic carboxylic acids is 1. The van der Waals surface area contributed by atoms with Crippen molar-refractivity contribution in [1.82, 2.24) is 16.0 Å². The molecular weight excluding hydrogens is 1460 g/mol. The van der Waals surface area contributed by atoms with E-state index in [1.807, 2.05) is 0 Å². The number of aliphatic hydroxyl groups excluding tert-OH is 6. The number of aliphatic hydroxyl groups is 6. The number of Topliss-reactive ketones (excluding diaryl/α,β-unsaturated/α-hetero) is 2. The van der Waals surface area contributed by atoms with Crippen LogP contribution in [0.2, 0.25) is 0 Å². The van der Waals surface area contributed by atoms with Crippen molar-refractivity contribution in [3.05, 3.63) is 58.7 Å². The summed E-state index contributed by atoms with van der Waals surface area (Å²) in [6.45, 7) is 7.02. The lowest BCUT2D eigenvalue weighted by Gasteiger charge is -2.38. The van der Waals surface area contributed by atoms with Crippen LogP contribution >= 0.6 is 0 Å². The maximum atomic E-state index is 13.3. The smallest absolute Gasteiger partial charge is 0.373 e. The Morgan fingerprint density at radius 1 is 0.495 bits per heavy atom. The first kappa shape index (κ1) is 95.9. The molecule has 40 heteroatoms. The molecule has 0 saturated carbocycles. The maximum Gasteiger partial charge on any atom is 0.373 e. The quantitative estimate of drug-likeness (QED) is 0.0133. The van der Waals surface area contributed by atoms with Crippen LogP contribution in [0.4, 0.5) is 0 Å². The molecule has 2 aromatic carbocycles. The van der Waals surface area contributed by atoms with Gasteiger partial charge in [-0.25, -0.2) is 10.7 Å². The third kappa shape index (κ3) is 42.6. The first-order valence-corrected chi connectivity index (χ1v) is 35.2. The van der Waals surface area contributed by atoms with Crippen LogP contribution in [-0.4, -0.2) is 335 Å². The van der Waals surface area contributed by atoms with Crippen LogP contribution in [0, 0.1) is 0 Å². The lowest BCUT2D eigenvalue weighted by molar-refractivity contribution is -0.271. The molecule has 2 heterocycles. The number of ketones is 2. The van der Waals surface area contributed by atoms with Crippen LogP contribution in [0.25, 0.3) is 0 Å². The Morgan fingerprint density at radius 2 is 0.927 bits per heavy atom. The summed E-state index contributed by atoms with van der Waals surface area (Å²) >= 11 is 0. The van der Waals surface area contributed by atoms with Crippen LogP contribution in [0.1, 0.15) is 84.2 Å². The predicted molar refractivity (Wildman–Crippen MR) is 366 cm³/mol. The molecule has 109 heavy (non-hydrogen) atoms. The van der Waals surface area contributed by atoms with Gasteiger partial charge in [0.05, 0.1) is 163 Å². The Labute approximate surface area is 629 Å². The van der Waals surface area contributed by atoms with Crippen LogP contribution in [0.3, 0.4) is 0 Å². The van der Waals surface area contributed by atoms with Gasteiger partial charge in [0, 0.05) is 53.0 Å². The van der Waals surface area contributed by atoms with E-state index in [2.05, 4.69) is 20.8 Å². The van der Waals surface area contributed by atoms with Gasteiger partial charge < -0.3 is 142 Å².